The number of carbonyl (C=O) groups is 1. The highest BCUT2D eigenvalue weighted by molar-refractivity contribution is 7.80. The summed E-state index contributed by atoms with van der Waals surface area (Å²) in [6, 6.07) is 4.40. The molecule has 1 fully saturated rings. The van der Waals surface area contributed by atoms with Crippen molar-refractivity contribution in [2.45, 2.75) is 44.9 Å². The van der Waals surface area contributed by atoms with Crippen LogP contribution in [0.2, 0.25) is 0 Å². The van der Waals surface area contributed by atoms with Crippen LogP contribution in [0.4, 0.5) is 10.1 Å². The van der Waals surface area contributed by atoms with E-state index in [0.717, 1.165) is 25.7 Å². The second kappa shape index (κ2) is 7.50. The molecule has 3 N–H and O–H groups in total. The molecule has 0 aliphatic heterocycles. The van der Waals surface area contributed by atoms with Crippen molar-refractivity contribution >= 4 is 28.8 Å². The van der Waals surface area contributed by atoms with Crippen LogP contribution in [0.3, 0.4) is 0 Å². The zero-order chi connectivity index (χ0) is 15.2. The van der Waals surface area contributed by atoms with Crippen LogP contribution >= 0.6 is 12.2 Å². The smallest absolute Gasteiger partial charge is 0.227 e. The molecular formula is C16H21FN2OS. The summed E-state index contributed by atoms with van der Waals surface area (Å²) in [7, 11) is 0. The van der Waals surface area contributed by atoms with Crippen LogP contribution in [0.25, 0.3) is 0 Å². The number of thiocarbonyl (C=S) groups is 1. The summed E-state index contributed by atoms with van der Waals surface area (Å²) in [5.74, 6) is -0.599. The minimum atomic E-state index is -0.500. The van der Waals surface area contributed by atoms with Gasteiger partial charge in [0.15, 0.2) is 0 Å². The van der Waals surface area contributed by atoms with Gasteiger partial charge in [0, 0.05) is 11.5 Å². The van der Waals surface area contributed by atoms with Gasteiger partial charge in [-0.25, -0.2) is 4.39 Å². The van der Waals surface area contributed by atoms with E-state index in [0.29, 0.717) is 5.56 Å². The number of benzene rings is 1. The molecule has 21 heavy (non-hydrogen) atoms. The Kier molecular flexibility index (Phi) is 5.67. The third-order valence-electron chi connectivity index (χ3n) is 3.99. The highest BCUT2D eigenvalue weighted by Gasteiger charge is 2.20. The molecule has 2 rings (SSSR count). The van der Waals surface area contributed by atoms with Gasteiger partial charge in [-0.3, -0.25) is 4.79 Å². The standard InChI is InChI=1S/C16H21FN2OS/c17-13-10-12(15(18)21)8-9-14(13)19-16(20)11-6-4-2-1-3-5-7-11/h8-11H,1-7H2,(H2,18,21)(H,19,20). The van der Waals surface area contributed by atoms with Crippen LogP contribution in [0.5, 0.6) is 0 Å². The number of amides is 1. The van der Waals surface area contributed by atoms with Gasteiger partial charge >= 0.3 is 0 Å². The first-order valence-corrected chi connectivity index (χ1v) is 7.89. The lowest BCUT2D eigenvalue weighted by Gasteiger charge is -2.19. The predicted molar refractivity (Wildman–Crippen MR) is 86.7 cm³/mol. The number of rotatable bonds is 3. The average Bonchev–Trinajstić information content (AvgIpc) is 2.40. The minimum Gasteiger partial charge on any atom is -0.389 e. The number of halogens is 1. The normalized spacial score (nSPS) is 16.8. The lowest BCUT2D eigenvalue weighted by Crippen LogP contribution is -2.24. The molecule has 1 amide bonds. The van der Waals surface area contributed by atoms with Crippen LogP contribution in [0.15, 0.2) is 18.2 Å². The molecule has 0 bridgehead atoms. The number of anilines is 1. The van der Waals surface area contributed by atoms with E-state index in [1.807, 2.05) is 0 Å². The van der Waals surface area contributed by atoms with Gasteiger partial charge in [0.2, 0.25) is 5.91 Å². The third kappa shape index (κ3) is 4.49. The molecule has 0 atom stereocenters. The Bertz CT molecular complexity index is 525. The van der Waals surface area contributed by atoms with E-state index in [-0.39, 0.29) is 22.5 Å². The molecule has 0 spiro atoms. The molecule has 0 aromatic heterocycles. The summed E-state index contributed by atoms with van der Waals surface area (Å²) in [5.41, 5.74) is 6.12. The van der Waals surface area contributed by atoms with E-state index in [1.54, 1.807) is 6.07 Å². The molecule has 1 aromatic rings. The largest absolute Gasteiger partial charge is 0.389 e. The first-order valence-electron chi connectivity index (χ1n) is 7.48. The maximum Gasteiger partial charge on any atom is 0.227 e. The molecule has 0 unspecified atom stereocenters. The number of hydrogen-bond donors (Lipinski definition) is 2. The Morgan fingerprint density at radius 3 is 2.38 bits per heavy atom. The van der Waals surface area contributed by atoms with E-state index in [4.69, 9.17) is 18.0 Å². The Hall–Kier alpha value is -1.49. The lowest BCUT2D eigenvalue weighted by molar-refractivity contribution is -0.120. The number of nitrogens with two attached hydrogens (primary N) is 1. The van der Waals surface area contributed by atoms with Gasteiger partial charge in [0.1, 0.15) is 10.8 Å². The van der Waals surface area contributed by atoms with Gasteiger partial charge in [0.25, 0.3) is 0 Å². The summed E-state index contributed by atoms with van der Waals surface area (Å²) in [6.07, 6.45) is 7.53. The zero-order valence-corrected chi connectivity index (χ0v) is 12.8. The Morgan fingerprint density at radius 1 is 1.19 bits per heavy atom. The number of hydrogen-bond acceptors (Lipinski definition) is 2. The molecule has 1 saturated carbocycles. The van der Waals surface area contributed by atoms with E-state index in [2.05, 4.69) is 5.32 Å². The SMILES string of the molecule is NC(=S)c1ccc(NC(=O)C2CCCCCCC2)c(F)c1. The molecule has 1 aliphatic carbocycles. The second-order valence-corrected chi connectivity index (χ2v) is 6.03. The monoisotopic (exact) mass is 308 g/mol. The average molecular weight is 308 g/mol. The van der Waals surface area contributed by atoms with Gasteiger partial charge in [0.05, 0.1) is 5.69 Å². The van der Waals surface area contributed by atoms with E-state index in [9.17, 15) is 9.18 Å². The van der Waals surface area contributed by atoms with E-state index < -0.39 is 5.82 Å². The maximum atomic E-state index is 14.0. The molecule has 0 heterocycles. The van der Waals surface area contributed by atoms with Crippen molar-refractivity contribution in [3.05, 3.63) is 29.6 Å². The van der Waals surface area contributed by atoms with Crippen molar-refractivity contribution < 1.29 is 9.18 Å². The Balaban J connectivity index is 2.02. The quantitative estimate of drug-likeness (QED) is 0.836. The number of nitrogens with one attached hydrogen (secondary N) is 1. The van der Waals surface area contributed by atoms with Crippen molar-refractivity contribution in [3.63, 3.8) is 0 Å². The van der Waals surface area contributed by atoms with Crippen molar-refractivity contribution in [2.75, 3.05) is 5.32 Å². The van der Waals surface area contributed by atoms with Crippen LogP contribution in [0, 0.1) is 11.7 Å². The molecule has 1 aromatic carbocycles. The first-order chi connectivity index (χ1) is 10.1. The van der Waals surface area contributed by atoms with Gasteiger partial charge in [-0.2, -0.15) is 0 Å². The Labute approximate surface area is 130 Å². The third-order valence-corrected chi connectivity index (χ3v) is 4.22. The molecule has 3 nitrogen and oxygen atoms in total. The molecule has 114 valence electrons. The summed E-state index contributed by atoms with van der Waals surface area (Å²) in [5, 5.41) is 2.70. The van der Waals surface area contributed by atoms with E-state index in [1.165, 1.54) is 31.4 Å². The highest BCUT2D eigenvalue weighted by Crippen LogP contribution is 2.24. The fraction of sp³-hybridized carbons (Fsp3) is 0.500. The highest BCUT2D eigenvalue weighted by atomic mass is 32.1. The van der Waals surface area contributed by atoms with Crippen LogP contribution in [-0.4, -0.2) is 10.9 Å². The Morgan fingerprint density at radius 2 is 1.81 bits per heavy atom. The number of carbonyl (C=O) groups excluding carboxylic acids is 1. The van der Waals surface area contributed by atoms with Gasteiger partial charge < -0.3 is 11.1 Å². The van der Waals surface area contributed by atoms with Gasteiger partial charge in [-0.1, -0.05) is 44.3 Å². The van der Waals surface area contributed by atoms with Crippen LogP contribution in [-0.2, 0) is 4.79 Å². The molecule has 0 saturated heterocycles. The fourth-order valence-corrected chi connectivity index (χ4v) is 2.85. The van der Waals surface area contributed by atoms with Crippen LogP contribution in [0.1, 0.15) is 50.5 Å². The van der Waals surface area contributed by atoms with Crippen molar-refractivity contribution in [3.8, 4) is 0 Å². The molecular weight excluding hydrogens is 287 g/mol. The van der Waals surface area contributed by atoms with Crippen molar-refractivity contribution in [2.24, 2.45) is 11.7 Å². The topological polar surface area (TPSA) is 55.1 Å². The van der Waals surface area contributed by atoms with Gasteiger partial charge in [-0.05, 0) is 31.0 Å². The first kappa shape index (κ1) is 15.9. The zero-order valence-electron chi connectivity index (χ0n) is 12.0. The summed E-state index contributed by atoms with van der Waals surface area (Å²) in [4.78, 5) is 12.4. The van der Waals surface area contributed by atoms with Crippen molar-refractivity contribution in [1.29, 1.82) is 0 Å². The second-order valence-electron chi connectivity index (χ2n) is 5.59. The lowest BCUT2D eigenvalue weighted by atomic mass is 9.90. The summed E-state index contributed by atoms with van der Waals surface area (Å²) < 4.78 is 14.0. The van der Waals surface area contributed by atoms with Gasteiger partial charge in [-0.15, -0.1) is 0 Å². The summed E-state index contributed by atoms with van der Waals surface area (Å²) in [6.45, 7) is 0. The van der Waals surface area contributed by atoms with Crippen molar-refractivity contribution in [1.82, 2.24) is 0 Å². The molecule has 1 aliphatic rings. The molecule has 0 radical (unpaired) electrons. The van der Waals surface area contributed by atoms with E-state index >= 15 is 0 Å². The summed E-state index contributed by atoms with van der Waals surface area (Å²) >= 11 is 4.81. The minimum absolute atomic E-state index is 0.0139. The predicted octanol–water partition coefficient (Wildman–Crippen LogP) is 3.76. The fourth-order valence-electron chi connectivity index (χ4n) is 2.72. The maximum absolute atomic E-state index is 14.0. The molecule has 5 heteroatoms. The van der Waals surface area contributed by atoms with Crippen LogP contribution < -0.4 is 11.1 Å².